The molecule has 2 heterocycles. The van der Waals surface area contributed by atoms with E-state index in [1.807, 2.05) is 22.6 Å². The van der Waals surface area contributed by atoms with Gasteiger partial charge in [-0.1, -0.05) is 23.2 Å². The number of halogens is 5. The molecule has 2 aromatic heterocycles. The van der Waals surface area contributed by atoms with E-state index in [9.17, 15) is 8.78 Å². The minimum Gasteiger partial charge on any atom is -0.278 e. The fraction of sp³-hybridized carbons (Fsp3) is 0. The van der Waals surface area contributed by atoms with Crippen molar-refractivity contribution in [1.29, 1.82) is 0 Å². The van der Waals surface area contributed by atoms with E-state index in [0.29, 0.717) is 35.6 Å². The van der Waals surface area contributed by atoms with Crippen LogP contribution >= 0.6 is 45.8 Å². The van der Waals surface area contributed by atoms with Gasteiger partial charge in [-0.05, 0) is 46.9 Å². The molecule has 23 heavy (non-hydrogen) atoms. The van der Waals surface area contributed by atoms with E-state index in [-0.39, 0.29) is 11.6 Å². The van der Waals surface area contributed by atoms with Crippen molar-refractivity contribution in [3.8, 4) is 0 Å². The lowest BCUT2D eigenvalue weighted by molar-refractivity contribution is 0.639. The number of aromatic amines is 2. The van der Waals surface area contributed by atoms with Crippen molar-refractivity contribution in [1.82, 2.24) is 20.4 Å². The molecule has 4 rings (SSSR count). The molecule has 2 aromatic carbocycles. The maximum atomic E-state index is 13.2. The van der Waals surface area contributed by atoms with Crippen LogP contribution in [-0.4, -0.2) is 20.4 Å². The second-order valence-electron chi connectivity index (χ2n) is 4.54. The van der Waals surface area contributed by atoms with E-state index in [0.717, 1.165) is 0 Å². The molecule has 0 saturated heterocycles. The van der Waals surface area contributed by atoms with Crippen molar-refractivity contribution < 1.29 is 8.78 Å². The molecule has 0 aliphatic rings. The predicted molar refractivity (Wildman–Crippen MR) is 94.8 cm³/mol. The highest BCUT2D eigenvalue weighted by atomic mass is 127. The van der Waals surface area contributed by atoms with Crippen molar-refractivity contribution in [2.45, 2.75) is 0 Å². The monoisotopic (exact) mass is 466 g/mol. The Morgan fingerprint density at radius 1 is 0.957 bits per heavy atom. The number of benzene rings is 2. The molecule has 0 amide bonds. The molecular weight excluding hydrogens is 460 g/mol. The Kier molecular flexibility index (Phi) is 4.69. The van der Waals surface area contributed by atoms with Gasteiger partial charge in [-0.2, -0.15) is 10.2 Å². The highest BCUT2D eigenvalue weighted by Gasteiger charge is 2.08. The number of rotatable bonds is 0. The summed E-state index contributed by atoms with van der Waals surface area (Å²) in [7, 11) is 0. The molecule has 0 saturated carbocycles. The van der Waals surface area contributed by atoms with Gasteiger partial charge in [0, 0.05) is 10.0 Å². The maximum absolute atomic E-state index is 13.2. The van der Waals surface area contributed by atoms with Gasteiger partial charge in [0.15, 0.2) is 0 Å². The standard InChI is InChI=1S/C7H3ClFIN2.C7H4ClFN2/c8-3-1-4(9)6-5(2-3)11-12-7(6)10;8-4-1-6(9)5-3-10-11-7(5)2-4/h1-2H,(H,11,12);1-3H,(H,10,11). The highest BCUT2D eigenvalue weighted by Crippen LogP contribution is 2.24. The van der Waals surface area contributed by atoms with Gasteiger partial charge in [-0.3, -0.25) is 10.2 Å². The van der Waals surface area contributed by atoms with Gasteiger partial charge in [-0.15, -0.1) is 0 Å². The van der Waals surface area contributed by atoms with E-state index in [1.54, 1.807) is 12.1 Å². The normalized spacial score (nSPS) is 10.8. The lowest BCUT2D eigenvalue weighted by Crippen LogP contribution is -1.78. The Morgan fingerprint density at radius 2 is 1.65 bits per heavy atom. The van der Waals surface area contributed by atoms with Crippen molar-refractivity contribution >= 4 is 67.6 Å². The average molecular weight is 467 g/mol. The summed E-state index contributed by atoms with van der Waals surface area (Å²) < 4.78 is 26.8. The van der Waals surface area contributed by atoms with Crippen LogP contribution < -0.4 is 0 Å². The molecule has 0 radical (unpaired) electrons. The first-order valence-corrected chi connectivity index (χ1v) is 8.06. The Labute approximate surface area is 152 Å². The van der Waals surface area contributed by atoms with Crippen molar-refractivity contribution in [2.24, 2.45) is 0 Å². The third-order valence-electron chi connectivity index (χ3n) is 3.00. The summed E-state index contributed by atoms with van der Waals surface area (Å²) in [6, 6.07) is 5.80. The van der Waals surface area contributed by atoms with Gasteiger partial charge < -0.3 is 0 Å². The zero-order chi connectivity index (χ0) is 16.6. The Balaban J connectivity index is 0.000000136. The van der Waals surface area contributed by atoms with Crippen LogP contribution in [0.25, 0.3) is 21.8 Å². The van der Waals surface area contributed by atoms with Crippen LogP contribution in [0.1, 0.15) is 0 Å². The van der Waals surface area contributed by atoms with E-state index >= 15 is 0 Å². The highest BCUT2D eigenvalue weighted by molar-refractivity contribution is 14.1. The number of nitrogens with zero attached hydrogens (tertiary/aromatic N) is 2. The van der Waals surface area contributed by atoms with Gasteiger partial charge in [0.25, 0.3) is 0 Å². The van der Waals surface area contributed by atoms with Gasteiger partial charge in [0.2, 0.25) is 0 Å². The number of hydrogen-bond donors (Lipinski definition) is 2. The number of aromatic nitrogens is 4. The van der Waals surface area contributed by atoms with Crippen LogP contribution in [0.15, 0.2) is 30.5 Å². The Bertz CT molecular complexity index is 999. The van der Waals surface area contributed by atoms with Crippen molar-refractivity contribution in [3.63, 3.8) is 0 Å². The van der Waals surface area contributed by atoms with E-state index < -0.39 is 0 Å². The lowest BCUT2D eigenvalue weighted by atomic mass is 10.2. The topological polar surface area (TPSA) is 57.4 Å². The zero-order valence-electron chi connectivity index (χ0n) is 11.2. The van der Waals surface area contributed by atoms with Crippen LogP contribution in [0, 0.1) is 15.3 Å². The van der Waals surface area contributed by atoms with E-state index in [4.69, 9.17) is 23.2 Å². The molecule has 0 bridgehead atoms. The molecule has 118 valence electrons. The van der Waals surface area contributed by atoms with Crippen molar-refractivity contribution in [2.75, 3.05) is 0 Å². The largest absolute Gasteiger partial charge is 0.278 e. The first-order chi connectivity index (χ1) is 11.0. The summed E-state index contributed by atoms with van der Waals surface area (Å²) in [5.74, 6) is -0.683. The average Bonchev–Trinajstić information content (AvgIpc) is 3.06. The fourth-order valence-corrected chi connectivity index (χ4v) is 3.06. The SMILES string of the molecule is Fc1cc(Cl)cc2[nH]ncc12.Fc1cc(Cl)cc2n[nH]c(I)c12. The molecule has 2 N–H and O–H groups in total. The number of nitrogens with one attached hydrogen (secondary N) is 2. The van der Waals surface area contributed by atoms with Crippen LogP contribution in [-0.2, 0) is 0 Å². The van der Waals surface area contributed by atoms with Gasteiger partial charge in [0.1, 0.15) is 15.3 Å². The molecule has 0 atom stereocenters. The molecular formula is C14H7Cl2F2IN4. The van der Waals surface area contributed by atoms with Crippen LogP contribution in [0.2, 0.25) is 10.0 Å². The summed E-state index contributed by atoms with van der Waals surface area (Å²) in [4.78, 5) is 0. The molecule has 0 unspecified atom stereocenters. The van der Waals surface area contributed by atoms with Gasteiger partial charge >= 0.3 is 0 Å². The first kappa shape index (κ1) is 16.4. The molecule has 9 heteroatoms. The van der Waals surface area contributed by atoms with Crippen molar-refractivity contribution in [3.05, 3.63) is 55.8 Å². The van der Waals surface area contributed by atoms with E-state index in [1.165, 1.54) is 18.3 Å². The fourth-order valence-electron chi connectivity index (χ4n) is 2.01. The van der Waals surface area contributed by atoms with Crippen LogP contribution in [0.5, 0.6) is 0 Å². The lowest BCUT2D eigenvalue weighted by Gasteiger charge is -1.92. The second-order valence-corrected chi connectivity index (χ2v) is 6.49. The second kappa shape index (κ2) is 6.58. The molecule has 0 spiro atoms. The summed E-state index contributed by atoms with van der Waals surface area (Å²) in [6.07, 6.45) is 1.43. The first-order valence-electron chi connectivity index (χ1n) is 6.22. The summed E-state index contributed by atoms with van der Waals surface area (Å²) in [5.41, 5.74) is 1.18. The quantitative estimate of drug-likeness (QED) is 0.345. The minimum atomic E-state index is -0.346. The number of H-pyrrole nitrogens is 2. The third kappa shape index (κ3) is 3.41. The Morgan fingerprint density at radius 3 is 2.43 bits per heavy atom. The molecule has 0 aliphatic carbocycles. The maximum Gasteiger partial charge on any atom is 0.136 e. The van der Waals surface area contributed by atoms with Gasteiger partial charge in [0.05, 0.1) is 28.0 Å². The zero-order valence-corrected chi connectivity index (χ0v) is 14.8. The molecule has 0 aliphatic heterocycles. The van der Waals surface area contributed by atoms with Gasteiger partial charge in [-0.25, -0.2) is 8.78 Å². The molecule has 0 fully saturated rings. The molecule has 4 aromatic rings. The van der Waals surface area contributed by atoms with Crippen LogP contribution in [0.3, 0.4) is 0 Å². The smallest absolute Gasteiger partial charge is 0.136 e. The summed E-state index contributed by atoms with van der Waals surface area (Å²) >= 11 is 13.2. The van der Waals surface area contributed by atoms with Crippen LogP contribution in [0.4, 0.5) is 8.78 Å². The minimum absolute atomic E-state index is 0.337. The van der Waals surface area contributed by atoms with E-state index in [2.05, 4.69) is 20.4 Å². The summed E-state index contributed by atoms with van der Waals surface area (Å²) in [6.45, 7) is 0. The number of hydrogen-bond acceptors (Lipinski definition) is 2. The number of fused-ring (bicyclic) bond motifs is 2. The molecule has 4 nitrogen and oxygen atoms in total. The Hall–Kier alpha value is -1.45. The predicted octanol–water partition coefficient (Wildman–Crippen LogP) is 5.32. The summed E-state index contributed by atoms with van der Waals surface area (Å²) in [5, 5.41) is 14.6. The third-order valence-corrected chi connectivity index (χ3v) is 4.22.